The number of benzene rings is 1. The highest BCUT2D eigenvalue weighted by atomic mass is 32.1. The predicted octanol–water partition coefficient (Wildman–Crippen LogP) is 3.58. The minimum Gasteiger partial charge on any atom is -0.491 e. The number of carbonyl (C=O) groups excluding carboxylic acids is 4. The van der Waals surface area contributed by atoms with Gasteiger partial charge in [-0.15, -0.1) is 0 Å². The number of primary amides is 2. The van der Waals surface area contributed by atoms with Crippen molar-refractivity contribution in [3.8, 4) is 5.75 Å². The average Bonchev–Trinajstić information content (AvgIpc) is 3.71. The van der Waals surface area contributed by atoms with Crippen LogP contribution in [-0.2, 0) is 29.0 Å². The van der Waals surface area contributed by atoms with Gasteiger partial charge >= 0.3 is 11.9 Å². The van der Waals surface area contributed by atoms with Crippen molar-refractivity contribution in [2.45, 2.75) is 72.6 Å². The fraction of sp³-hybridized carbons (Fsp3) is 0.353. The van der Waals surface area contributed by atoms with Crippen LogP contribution in [0, 0.1) is 6.92 Å². The zero-order valence-electron chi connectivity index (χ0n) is 28.9. The van der Waals surface area contributed by atoms with E-state index in [1.165, 1.54) is 29.7 Å². The molecule has 0 aliphatic rings. The number of aryl methyl sites for hydroxylation is 2. The number of nitrogens with two attached hydrogens (primary N) is 3. The van der Waals surface area contributed by atoms with Crippen molar-refractivity contribution in [2.24, 2.45) is 16.5 Å². The van der Waals surface area contributed by atoms with Gasteiger partial charge in [-0.2, -0.15) is 4.99 Å². The predicted molar refractivity (Wildman–Crippen MR) is 189 cm³/mol. The number of imidazole rings is 1. The molecule has 0 saturated carbocycles. The van der Waals surface area contributed by atoms with Gasteiger partial charge in [-0.25, -0.2) is 15.0 Å². The molecule has 268 valence electrons. The third-order valence-electron chi connectivity index (χ3n) is 7.40. The molecule has 5 rings (SSSR count). The van der Waals surface area contributed by atoms with Crippen LogP contribution in [0.4, 0.5) is 5.95 Å². The summed E-state index contributed by atoms with van der Waals surface area (Å²) >= 11 is 1.17. The van der Waals surface area contributed by atoms with Gasteiger partial charge in [0.15, 0.2) is 16.3 Å². The normalized spacial score (nSPS) is 12.3. The standard InChI is InChI=1S/C34H39N9O7S/c1-6-21-27(49-18(2)39-21)31(47)41-33-43(30-24(51-33)16-20(17-38-30)29(36)46)12-8-7-11-42-26-22(40-32(42)37)14-19(28(35)45)15-23(26)48-13-9-10-25(44)50-34(3,4)5/h7-8,14-17H,6,9-13H2,1-5H3,(H2,35,45)(H2,36,46)(H2,37,40)/b8-7+,41-33?. The van der Waals surface area contributed by atoms with Gasteiger partial charge < -0.3 is 35.7 Å². The molecule has 1 aromatic carbocycles. The van der Waals surface area contributed by atoms with Crippen molar-refractivity contribution in [3.05, 3.63) is 69.8 Å². The lowest BCUT2D eigenvalue weighted by atomic mass is 10.1. The van der Waals surface area contributed by atoms with Crippen molar-refractivity contribution in [2.75, 3.05) is 12.3 Å². The quantitative estimate of drug-likeness (QED) is 0.0903. The van der Waals surface area contributed by atoms with Gasteiger partial charge in [0.05, 0.1) is 28.1 Å². The number of nitrogens with zero attached hydrogens (tertiary/aromatic N) is 6. The van der Waals surface area contributed by atoms with Crippen LogP contribution in [0.1, 0.15) is 83.4 Å². The fourth-order valence-electron chi connectivity index (χ4n) is 5.19. The first-order chi connectivity index (χ1) is 24.1. The summed E-state index contributed by atoms with van der Waals surface area (Å²) in [5.74, 6) is -1.34. The van der Waals surface area contributed by atoms with Crippen molar-refractivity contribution in [1.29, 1.82) is 0 Å². The van der Waals surface area contributed by atoms with Gasteiger partial charge in [0.25, 0.3) is 0 Å². The van der Waals surface area contributed by atoms with E-state index in [1.807, 2.05) is 19.1 Å². The zero-order chi connectivity index (χ0) is 37.0. The Morgan fingerprint density at radius 1 is 1.02 bits per heavy atom. The molecule has 3 amide bonds. The Hall–Kier alpha value is -5.84. The minimum atomic E-state index is -0.663. The molecule has 17 heteroatoms. The Labute approximate surface area is 296 Å². The SMILES string of the molecule is CCc1nc(C)oc1C(=O)N=c1sc2cc(C(N)=O)cnc2n1C/C=C/Cn1c(N)nc2cc(C(N)=O)cc(OCCCC(=O)OC(C)(C)C)c21. The maximum Gasteiger partial charge on any atom is 0.317 e. The smallest absolute Gasteiger partial charge is 0.317 e. The van der Waals surface area contributed by atoms with Crippen LogP contribution in [0.15, 0.2) is 46.0 Å². The molecule has 0 spiro atoms. The number of thiazole rings is 1. The average molecular weight is 718 g/mol. The summed E-state index contributed by atoms with van der Waals surface area (Å²) in [5, 5.41) is 0. The first kappa shape index (κ1) is 36.4. The second kappa shape index (κ2) is 15.0. The zero-order valence-corrected chi connectivity index (χ0v) is 29.7. The molecule has 4 aromatic heterocycles. The maximum absolute atomic E-state index is 13.2. The molecule has 16 nitrogen and oxygen atoms in total. The number of allylic oxidation sites excluding steroid dienone is 2. The van der Waals surface area contributed by atoms with Gasteiger partial charge in [0.2, 0.25) is 23.5 Å². The van der Waals surface area contributed by atoms with E-state index in [4.69, 9.17) is 31.1 Å². The maximum atomic E-state index is 13.2. The Balaban J connectivity index is 1.43. The molecular formula is C34H39N9O7S. The van der Waals surface area contributed by atoms with E-state index in [2.05, 4.69) is 19.9 Å². The lowest BCUT2D eigenvalue weighted by Crippen LogP contribution is -2.24. The first-order valence-electron chi connectivity index (χ1n) is 16.1. The fourth-order valence-corrected chi connectivity index (χ4v) is 6.23. The second-order valence-electron chi connectivity index (χ2n) is 12.5. The van der Waals surface area contributed by atoms with Gasteiger partial charge in [-0.05, 0) is 51.8 Å². The van der Waals surface area contributed by atoms with Crippen LogP contribution in [0.25, 0.3) is 21.4 Å². The number of pyridine rings is 1. The first-order valence-corrected chi connectivity index (χ1v) is 16.9. The number of anilines is 1. The topological polar surface area (TPSA) is 239 Å². The number of carbonyl (C=O) groups is 4. The van der Waals surface area contributed by atoms with Crippen LogP contribution >= 0.6 is 11.3 Å². The van der Waals surface area contributed by atoms with Crippen molar-refractivity contribution < 1.29 is 33.1 Å². The lowest BCUT2D eigenvalue weighted by Gasteiger charge is -2.19. The molecule has 0 atom stereocenters. The lowest BCUT2D eigenvalue weighted by molar-refractivity contribution is -0.155. The van der Waals surface area contributed by atoms with E-state index in [1.54, 1.807) is 42.9 Å². The molecular weight excluding hydrogens is 678 g/mol. The number of hydrogen-bond donors (Lipinski definition) is 3. The number of oxazole rings is 1. The monoisotopic (exact) mass is 717 g/mol. The largest absolute Gasteiger partial charge is 0.491 e. The Morgan fingerprint density at radius 2 is 1.73 bits per heavy atom. The molecule has 0 aliphatic heterocycles. The van der Waals surface area contributed by atoms with Crippen LogP contribution in [-0.4, -0.2) is 60.0 Å². The third-order valence-corrected chi connectivity index (χ3v) is 8.42. The Kier molecular flexibility index (Phi) is 10.7. The van der Waals surface area contributed by atoms with Gasteiger partial charge in [0.1, 0.15) is 16.9 Å². The number of aromatic nitrogens is 5. The molecule has 4 heterocycles. The number of nitrogen functional groups attached to an aromatic ring is 1. The highest BCUT2D eigenvalue weighted by molar-refractivity contribution is 7.16. The molecule has 0 radical (unpaired) electrons. The summed E-state index contributed by atoms with van der Waals surface area (Å²) in [5.41, 5.74) is 19.1. The van der Waals surface area contributed by atoms with Crippen molar-refractivity contribution >= 4 is 62.4 Å². The molecule has 51 heavy (non-hydrogen) atoms. The van der Waals surface area contributed by atoms with Gasteiger partial charge in [-0.3, -0.25) is 23.7 Å². The van der Waals surface area contributed by atoms with E-state index in [9.17, 15) is 19.2 Å². The summed E-state index contributed by atoms with van der Waals surface area (Å²) in [6.45, 7) is 9.55. The van der Waals surface area contributed by atoms with E-state index < -0.39 is 23.3 Å². The van der Waals surface area contributed by atoms with Crippen LogP contribution < -0.4 is 26.7 Å². The summed E-state index contributed by atoms with van der Waals surface area (Å²) in [6, 6.07) is 4.65. The van der Waals surface area contributed by atoms with E-state index in [-0.39, 0.29) is 54.9 Å². The molecule has 5 aromatic rings. The van der Waals surface area contributed by atoms with E-state index in [0.29, 0.717) is 56.4 Å². The number of hydrogen-bond acceptors (Lipinski definition) is 12. The number of fused-ring (bicyclic) bond motifs is 2. The summed E-state index contributed by atoms with van der Waals surface area (Å²) in [4.78, 5) is 67.1. The van der Waals surface area contributed by atoms with Crippen LogP contribution in [0.2, 0.25) is 0 Å². The number of ether oxygens (including phenoxy) is 2. The molecule has 0 bridgehead atoms. The Bertz CT molecular complexity index is 2250. The van der Waals surface area contributed by atoms with E-state index >= 15 is 0 Å². The molecule has 0 saturated heterocycles. The number of esters is 1. The molecule has 0 aliphatic carbocycles. The van der Waals surface area contributed by atoms with Crippen LogP contribution in [0.5, 0.6) is 5.75 Å². The van der Waals surface area contributed by atoms with Gasteiger partial charge in [0, 0.05) is 38.2 Å². The Morgan fingerprint density at radius 3 is 2.39 bits per heavy atom. The van der Waals surface area contributed by atoms with E-state index in [0.717, 1.165) is 0 Å². The third kappa shape index (κ3) is 8.49. The molecule has 0 unspecified atom stereocenters. The van der Waals surface area contributed by atoms with Crippen LogP contribution in [0.3, 0.4) is 0 Å². The highest BCUT2D eigenvalue weighted by Crippen LogP contribution is 2.30. The van der Waals surface area contributed by atoms with Gasteiger partial charge in [-0.1, -0.05) is 30.4 Å². The molecule has 0 fully saturated rings. The highest BCUT2D eigenvalue weighted by Gasteiger charge is 2.20. The summed E-state index contributed by atoms with van der Waals surface area (Å²) in [7, 11) is 0. The minimum absolute atomic E-state index is 0.0603. The van der Waals surface area contributed by atoms with Crippen molar-refractivity contribution in [1.82, 2.24) is 24.1 Å². The summed E-state index contributed by atoms with van der Waals surface area (Å²) in [6.07, 6.45) is 6.03. The number of amides is 3. The molecule has 6 N–H and O–H groups in total. The summed E-state index contributed by atoms with van der Waals surface area (Å²) < 4.78 is 21.0. The van der Waals surface area contributed by atoms with Crippen molar-refractivity contribution in [3.63, 3.8) is 0 Å². The second-order valence-corrected chi connectivity index (χ2v) is 13.5. The number of rotatable bonds is 13.